The standard InChI is InChI=1S/C43H51ClN6O6/c1-42(2,3)56-41(53)50-22-20-49(21-23-50)40(52)43(4)14-12-35(29-6-8-32(44)9-7-29)31(26-43)28-47-16-18-48(19-17-47)33-10-11-36(39(51)54-5)37(25-33)55-34-24-30-13-15-45-38(30)46-27-34/h6-11,13,15,24-25,27H,12,14,16-23,26,28H2,1-5H3,(H,45,46)/t43-/m1/s1. The molecule has 4 aromatic rings. The van der Waals surface area contributed by atoms with Crippen LogP contribution in [0.1, 0.15) is 62.9 Å². The zero-order valence-electron chi connectivity index (χ0n) is 32.9. The van der Waals surface area contributed by atoms with E-state index >= 15 is 0 Å². The minimum atomic E-state index is -0.566. The molecule has 0 radical (unpaired) electrons. The second-order valence-electron chi connectivity index (χ2n) is 16.2. The number of methoxy groups -OCH3 is 1. The van der Waals surface area contributed by atoms with Gasteiger partial charge in [0.1, 0.15) is 28.3 Å². The molecule has 12 nitrogen and oxygen atoms in total. The number of carbonyl (C=O) groups excluding carboxylic acids is 3. The summed E-state index contributed by atoms with van der Waals surface area (Å²) >= 11 is 6.29. The number of ether oxygens (including phenoxy) is 3. The van der Waals surface area contributed by atoms with Gasteiger partial charge in [0.15, 0.2) is 0 Å². The number of aromatic nitrogens is 2. The molecule has 1 aliphatic carbocycles. The zero-order chi connectivity index (χ0) is 39.6. The molecule has 2 amide bonds. The number of benzene rings is 2. The Morgan fingerprint density at radius 3 is 2.32 bits per heavy atom. The minimum absolute atomic E-state index is 0.149. The van der Waals surface area contributed by atoms with Crippen molar-refractivity contribution in [1.82, 2.24) is 24.7 Å². The Morgan fingerprint density at radius 1 is 0.911 bits per heavy atom. The molecule has 0 saturated carbocycles. The lowest BCUT2D eigenvalue weighted by Crippen LogP contribution is -2.55. The third-order valence-corrected chi connectivity index (χ3v) is 11.3. The molecule has 2 aliphatic heterocycles. The summed E-state index contributed by atoms with van der Waals surface area (Å²) in [6.45, 7) is 13.5. The van der Waals surface area contributed by atoms with Crippen molar-refractivity contribution in [3.05, 3.63) is 88.7 Å². The summed E-state index contributed by atoms with van der Waals surface area (Å²) in [6.07, 6.45) is 5.32. The largest absolute Gasteiger partial charge is 0.465 e. The van der Waals surface area contributed by atoms with Crippen LogP contribution in [-0.4, -0.2) is 114 Å². The molecule has 0 unspecified atom stereocenters. The first-order valence-corrected chi connectivity index (χ1v) is 19.7. The summed E-state index contributed by atoms with van der Waals surface area (Å²) in [4.78, 5) is 55.6. The summed E-state index contributed by atoms with van der Waals surface area (Å²) in [5, 5.41) is 1.60. The molecular formula is C43H51ClN6O6. The van der Waals surface area contributed by atoms with Gasteiger partial charge in [-0.2, -0.15) is 0 Å². The van der Waals surface area contributed by atoms with Gasteiger partial charge in [-0.05, 0) is 87.6 Å². The van der Waals surface area contributed by atoms with Gasteiger partial charge in [-0.3, -0.25) is 9.69 Å². The fourth-order valence-electron chi connectivity index (χ4n) is 7.98. The second kappa shape index (κ2) is 16.2. The van der Waals surface area contributed by atoms with E-state index in [1.165, 1.54) is 18.3 Å². The SMILES string of the molecule is COC(=O)c1ccc(N2CCN(CC3=C(c4ccc(Cl)cc4)CC[C@@](C)(C(=O)N4CCN(C(=O)OC(C)(C)C)CC4)C3)CC2)cc1Oc1cnc2[nH]ccc2c1. The molecule has 2 fully saturated rings. The van der Waals surface area contributed by atoms with Crippen LogP contribution in [0.25, 0.3) is 16.6 Å². The van der Waals surface area contributed by atoms with E-state index in [-0.39, 0.29) is 12.0 Å². The van der Waals surface area contributed by atoms with Gasteiger partial charge in [-0.15, -0.1) is 0 Å². The summed E-state index contributed by atoms with van der Waals surface area (Å²) < 4.78 is 16.9. The maximum absolute atomic E-state index is 14.3. The van der Waals surface area contributed by atoms with Gasteiger partial charge >= 0.3 is 12.1 Å². The van der Waals surface area contributed by atoms with E-state index in [0.717, 1.165) is 67.8 Å². The monoisotopic (exact) mass is 782 g/mol. The number of nitrogens with one attached hydrogen (secondary N) is 1. The lowest BCUT2D eigenvalue weighted by atomic mass is 9.70. The van der Waals surface area contributed by atoms with Gasteiger partial charge in [0.25, 0.3) is 0 Å². The Kier molecular flexibility index (Phi) is 11.3. The first-order chi connectivity index (χ1) is 26.8. The van der Waals surface area contributed by atoms with Gasteiger partial charge in [-0.1, -0.05) is 36.2 Å². The molecule has 13 heteroatoms. The van der Waals surface area contributed by atoms with Gasteiger partial charge < -0.3 is 33.9 Å². The molecule has 3 aliphatic rings. The zero-order valence-corrected chi connectivity index (χ0v) is 33.7. The van der Waals surface area contributed by atoms with Crippen LogP contribution in [0.15, 0.2) is 72.6 Å². The van der Waals surface area contributed by atoms with Crippen LogP contribution in [0.2, 0.25) is 5.02 Å². The Balaban J connectivity index is 1.04. The molecule has 4 heterocycles. The minimum Gasteiger partial charge on any atom is -0.465 e. The summed E-state index contributed by atoms with van der Waals surface area (Å²) in [5.41, 5.74) is 4.64. The number of H-pyrrole nitrogens is 1. The highest BCUT2D eigenvalue weighted by Gasteiger charge is 2.42. The second-order valence-corrected chi connectivity index (χ2v) is 16.6. The third-order valence-electron chi connectivity index (χ3n) is 11.0. The predicted octanol–water partition coefficient (Wildman–Crippen LogP) is 7.64. The number of allylic oxidation sites excluding steroid dienone is 1. The lowest BCUT2D eigenvalue weighted by Gasteiger charge is -2.43. The van der Waals surface area contributed by atoms with Crippen LogP contribution < -0.4 is 9.64 Å². The number of pyridine rings is 1. The molecular weight excluding hydrogens is 732 g/mol. The fraction of sp³-hybridized carbons (Fsp3) is 0.442. The van der Waals surface area contributed by atoms with Crippen LogP contribution in [0.5, 0.6) is 11.5 Å². The number of piperazine rings is 2. The molecule has 7 rings (SSSR count). The smallest absolute Gasteiger partial charge is 0.410 e. The van der Waals surface area contributed by atoms with Crippen LogP contribution in [0.3, 0.4) is 0 Å². The summed E-state index contributed by atoms with van der Waals surface area (Å²) in [5.74, 6) is 0.604. The number of esters is 1. The van der Waals surface area contributed by atoms with Crippen molar-refractivity contribution < 1.29 is 28.6 Å². The molecule has 0 spiro atoms. The Hall–Kier alpha value is -5.07. The molecule has 2 aromatic carbocycles. The Labute approximate surface area is 333 Å². The Morgan fingerprint density at radius 2 is 1.62 bits per heavy atom. The number of hydrogen-bond acceptors (Lipinski definition) is 9. The number of anilines is 1. The van der Waals surface area contributed by atoms with Crippen molar-refractivity contribution in [1.29, 1.82) is 0 Å². The van der Waals surface area contributed by atoms with Crippen molar-refractivity contribution in [2.75, 3.05) is 70.9 Å². The lowest BCUT2D eigenvalue weighted by molar-refractivity contribution is -0.143. The summed E-state index contributed by atoms with van der Waals surface area (Å²) in [7, 11) is 1.36. The first kappa shape index (κ1) is 39.2. The molecule has 2 aromatic heterocycles. The fourth-order valence-corrected chi connectivity index (χ4v) is 8.11. The highest BCUT2D eigenvalue weighted by Crippen LogP contribution is 2.45. The maximum atomic E-state index is 14.3. The highest BCUT2D eigenvalue weighted by molar-refractivity contribution is 6.30. The van der Waals surface area contributed by atoms with Crippen molar-refractivity contribution >= 4 is 51.9 Å². The van der Waals surface area contributed by atoms with Gasteiger partial charge in [0.05, 0.1) is 18.7 Å². The normalized spacial score (nSPS) is 19.6. The average Bonchev–Trinajstić information content (AvgIpc) is 3.66. The van der Waals surface area contributed by atoms with Crippen molar-refractivity contribution in [2.45, 2.75) is 52.6 Å². The number of aromatic amines is 1. The van der Waals surface area contributed by atoms with Gasteiger partial charge in [0, 0.05) is 87.3 Å². The van der Waals surface area contributed by atoms with Crippen LogP contribution in [0.4, 0.5) is 10.5 Å². The van der Waals surface area contributed by atoms with Crippen LogP contribution in [-0.2, 0) is 14.3 Å². The number of halogens is 1. The highest BCUT2D eigenvalue weighted by atomic mass is 35.5. The quantitative estimate of drug-likeness (QED) is 0.180. The molecule has 1 N–H and O–H groups in total. The topological polar surface area (TPSA) is 121 Å². The van der Waals surface area contributed by atoms with Gasteiger partial charge in [0.2, 0.25) is 5.91 Å². The van der Waals surface area contributed by atoms with E-state index in [1.54, 1.807) is 17.2 Å². The van der Waals surface area contributed by atoms with Crippen LogP contribution in [0, 0.1) is 5.41 Å². The van der Waals surface area contributed by atoms with E-state index in [1.807, 2.05) is 68.3 Å². The van der Waals surface area contributed by atoms with E-state index < -0.39 is 17.0 Å². The molecule has 0 bridgehead atoms. The molecule has 56 heavy (non-hydrogen) atoms. The van der Waals surface area contributed by atoms with Crippen molar-refractivity contribution in [3.8, 4) is 11.5 Å². The molecule has 296 valence electrons. The number of rotatable bonds is 8. The Bertz CT molecular complexity index is 2110. The average molecular weight is 783 g/mol. The third kappa shape index (κ3) is 8.81. The molecule has 2 saturated heterocycles. The maximum Gasteiger partial charge on any atom is 0.410 e. The molecule has 1 atom stereocenters. The van der Waals surface area contributed by atoms with Crippen molar-refractivity contribution in [2.24, 2.45) is 5.41 Å². The number of hydrogen-bond donors (Lipinski definition) is 1. The number of nitrogens with zero attached hydrogens (tertiary/aromatic N) is 5. The van der Waals surface area contributed by atoms with E-state index in [4.69, 9.17) is 25.8 Å². The van der Waals surface area contributed by atoms with E-state index in [2.05, 4.69) is 38.8 Å². The first-order valence-electron chi connectivity index (χ1n) is 19.3. The van der Waals surface area contributed by atoms with Gasteiger partial charge in [-0.25, -0.2) is 14.6 Å². The van der Waals surface area contributed by atoms with Crippen molar-refractivity contribution in [3.63, 3.8) is 0 Å². The van der Waals surface area contributed by atoms with Crippen LogP contribution >= 0.6 is 11.6 Å². The number of amides is 2. The number of fused-ring (bicyclic) bond motifs is 1. The number of carbonyl (C=O) groups is 3. The summed E-state index contributed by atoms with van der Waals surface area (Å²) in [6, 6.07) is 17.4. The predicted molar refractivity (Wildman–Crippen MR) is 217 cm³/mol. The van der Waals surface area contributed by atoms with E-state index in [0.29, 0.717) is 54.7 Å². The van der Waals surface area contributed by atoms with E-state index in [9.17, 15) is 14.4 Å².